The maximum atomic E-state index is 5.23. The molecule has 1 saturated carbocycles. The molecule has 0 saturated heterocycles. The summed E-state index contributed by atoms with van der Waals surface area (Å²) in [4.78, 5) is 2.65. The van der Waals surface area contributed by atoms with Crippen LogP contribution in [0.1, 0.15) is 39.5 Å². The number of rotatable bonds is 10. The van der Waals surface area contributed by atoms with E-state index in [0.717, 1.165) is 25.7 Å². The molecule has 3 nitrogen and oxygen atoms in total. The van der Waals surface area contributed by atoms with Crippen LogP contribution in [0.3, 0.4) is 0 Å². The summed E-state index contributed by atoms with van der Waals surface area (Å²) in [6, 6.07) is 0.833. The Morgan fingerprint density at radius 2 is 1.94 bits per heavy atom. The Bertz CT molecular complexity index is 200. The lowest BCUT2D eigenvalue weighted by Crippen LogP contribution is -2.44. The monoisotopic (exact) mass is 242 g/mol. The fourth-order valence-electron chi connectivity index (χ4n) is 2.62. The Labute approximate surface area is 107 Å². The number of hydrogen-bond acceptors (Lipinski definition) is 3. The average molecular weight is 242 g/mol. The molecule has 0 aromatic carbocycles. The van der Waals surface area contributed by atoms with Crippen LogP contribution in [-0.4, -0.2) is 51.3 Å². The molecule has 17 heavy (non-hydrogen) atoms. The van der Waals surface area contributed by atoms with Gasteiger partial charge in [-0.1, -0.05) is 13.8 Å². The average Bonchev–Trinajstić information content (AvgIpc) is 3.17. The van der Waals surface area contributed by atoms with Gasteiger partial charge in [0.25, 0.3) is 0 Å². The van der Waals surface area contributed by atoms with Crippen LogP contribution in [0.15, 0.2) is 0 Å². The molecule has 0 spiro atoms. The summed E-state index contributed by atoms with van der Waals surface area (Å²) in [5.74, 6) is 0. The number of methoxy groups -OCH3 is 1. The van der Waals surface area contributed by atoms with E-state index in [0.29, 0.717) is 5.41 Å². The highest BCUT2D eigenvalue weighted by molar-refractivity contribution is 4.90. The molecule has 0 amide bonds. The van der Waals surface area contributed by atoms with Crippen molar-refractivity contribution in [2.24, 2.45) is 5.41 Å². The fraction of sp³-hybridized carbons (Fsp3) is 1.00. The second-order valence-corrected chi connectivity index (χ2v) is 5.43. The molecule has 0 aromatic rings. The first-order valence-electron chi connectivity index (χ1n) is 7.09. The molecule has 102 valence electrons. The summed E-state index contributed by atoms with van der Waals surface area (Å²) < 4.78 is 5.23. The maximum Gasteiger partial charge on any atom is 0.0589 e. The van der Waals surface area contributed by atoms with E-state index in [1.165, 1.54) is 32.2 Å². The molecule has 1 N–H and O–H groups in total. The quantitative estimate of drug-likeness (QED) is 0.635. The minimum atomic E-state index is 0.436. The van der Waals surface area contributed by atoms with Crippen LogP contribution < -0.4 is 5.32 Å². The van der Waals surface area contributed by atoms with Crippen LogP contribution >= 0.6 is 0 Å². The van der Waals surface area contributed by atoms with Crippen molar-refractivity contribution in [1.29, 1.82) is 0 Å². The third kappa shape index (κ3) is 4.57. The summed E-state index contributed by atoms with van der Waals surface area (Å²) in [6.45, 7) is 8.93. The molecule has 1 aliphatic rings. The number of nitrogens with zero attached hydrogens (tertiary/aromatic N) is 1. The SMILES string of the molecule is CCC(CC)(CNC)CN(CCOC)C1CC1. The summed E-state index contributed by atoms with van der Waals surface area (Å²) in [7, 11) is 3.86. The lowest BCUT2D eigenvalue weighted by Gasteiger charge is -2.37. The van der Waals surface area contributed by atoms with Crippen LogP contribution in [0.5, 0.6) is 0 Å². The predicted octanol–water partition coefficient (Wildman–Crippen LogP) is 2.12. The van der Waals surface area contributed by atoms with Crippen LogP contribution in [0, 0.1) is 5.41 Å². The van der Waals surface area contributed by atoms with Gasteiger partial charge in [-0.15, -0.1) is 0 Å². The first kappa shape index (κ1) is 14.9. The van der Waals surface area contributed by atoms with Gasteiger partial charge in [-0.05, 0) is 38.1 Å². The van der Waals surface area contributed by atoms with E-state index >= 15 is 0 Å². The van der Waals surface area contributed by atoms with E-state index in [4.69, 9.17) is 4.74 Å². The summed E-state index contributed by atoms with van der Waals surface area (Å²) >= 11 is 0. The third-order valence-corrected chi connectivity index (χ3v) is 4.24. The van der Waals surface area contributed by atoms with Crippen molar-refractivity contribution in [1.82, 2.24) is 10.2 Å². The summed E-state index contributed by atoms with van der Waals surface area (Å²) in [5, 5.41) is 3.37. The topological polar surface area (TPSA) is 24.5 Å². The normalized spacial score (nSPS) is 16.8. The van der Waals surface area contributed by atoms with Crippen LogP contribution in [0.2, 0.25) is 0 Å². The van der Waals surface area contributed by atoms with Gasteiger partial charge in [-0.25, -0.2) is 0 Å². The molecule has 0 aliphatic heterocycles. The number of ether oxygens (including phenoxy) is 1. The lowest BCUT2D eigenvalue weighted by molar-refractivity contribution is 0.0936. The van der Waals surface area contributed by atoms with Gasteiger partial charge in [0, 0.05) is 32.8 Å². The standard InChI is InChI=1S/C14H30N2O/c1-5-14(6-2,11-15-3)12-16(9-10-17-4)13-7-8-13/h13,15H,5-12H2,1-4H3. The second kappa shape index (κ2) is 7.34. The summed E-state index contributed by atoms with van der Waals surface area (Å²) in [6.07, 6.45) is 5.26. The minimum Gasteiger partial charge on any atom is -0.383 e. The van der Waals surface area contributed by atoms with E-state index in [2.05, 4.69) is 31.1 Å². The molecule has 0 bridgehead atoms. The highest BCUT2D eigenvalue weighted by atomic mass is 16.5. The lowest BCUT2D eigenvalue weighted by atomic mass is 9.81. The molecule has 1 aliphatic carbocycles. The predicted molar refractivity (Wildman–Crippen MR) is 73.4 cm³/mol. The molecule has 0 atom stereocenters. The molecule has 0 aromatic heterocycles. The molecular formula is C14H30N2O. The van der Waals surface area contributed by atoms with Gasteiger partial charge in [0.05, 0.1) is 6.61 Å². The number of nitrogens with one attached hydrogen (secondary N) is 1. The van der Waals surface area contributed by atoms with E-state index in [9.17, 15) is 0 Å². The summed E-state index contributed by atoms with van der Waals surface area (Å²) in [5.41, 5.74) is 0.436. The first-order chi connectivity index (χ1) is 8.21. The van der Waals surface area contributed by atoms with Gasteiger partial charge in [-0.3, -0.25) is 4.90 Å². The molecule has 3 heteroatoms. The van der Waals surface area contributed by atoms with Crippen molar-refractivity contribution in [3.05, 3.63) is 0 Å². The van der Waals surface area contributed by atoms with Crippen LogP contribution in [0.4, 0.5) is 0 Å². The van der Waals surface area contributed by atoms with Crippen molar-refractivity contribution < 1.29 is 4.74 Å². The van der Waals surface area contributed by atoms with Crippen LogP contribution in [0.25, 0.3) is 0 Å². The largest absolute Gasteiger partial charge is 0.383 e. The van der Waals surface area contributed by atoms with Crippen molar-refractivity contribution in [2.75, 3.05) is 40.4 Å². The van der Waals surface area contributed by atoms with Gasteiger partial charge in [0.1, 0.15) is 0 Å². The smallest absolute Gasteiger partial charge is 0.0589 e. The first-order valence-corrected chi connectivity index (χ1v) is 7.09. The zero-order valence-electron chi connectivity index (χ0n) is 12.1. The van der Waals surface area contributed by atoms with Gasteiger partial charge in [-0.2, -0.15) is 0 Å². The van der Waals surface area contributed by atoms with Gasteiger partial charge in [0.2, 0.25) is 0 Å². The molecule has 0 heterocycles. The second-order valence-electron chi connectivity index (χ2n) is 5.43. The highest BCUT2D eigenvalue weighted by Crippen LogP contribution is 2.33. The Morgan fingerprint density at radius 1 is 1.29 bits per heavy atom. The van der Waals surface area contributed by atoms with Gasteiger partial charge in [0.15, 0.2) is 0 Å². The zero-order valence-corrected chi connectivity index (χ0v) is 12.1. The van der Waals surface area contributed by atoms with Gasteiger partial charge < -0.3 is 10.1 Å². The van der Waals surface area contributed by atoms with E-state index in [-0.39, 0.29) is 0 Å². The number of hydrogen-bond donors (Lipinski definition) is 1. The molecule has 1 fully saturated rings. The van der Waals surface area contributed by atoms with E-state index < -0.39 is 0 Å². The van der Waals surface area contributed by atoms with Crippen LogP contribution in [-0.2, 0) is 4.74 Å². The molecule has 0 radical (unpaired) electrons. The third-order valence-electron chi connectivity index (χ3n) is 4.24. The minimum absolute atomic E-state index is 0.436. The Balaban J connectivity index is 2.54. The molecular weight excluding hydrogens is 212 g/mol. The maximum absolute atomic E-state index is 5.23. The van der Waals surface area contributed by atoms with Crippen molar-refractivity contribution >= 4 is 0 Å². The van der Waals surface area contributed by atoms with E-state index in [1.807, 2.05) is 0 Å². The Kier molecular flexibility index (Phi) is 6.45. The zero-order chi connectivity index (χ0) is 12.7. The van der Waals surface area contributed by atoms with E-state index in [1.54, 1.807) is 7.11 Å². The van der Waals surface area contributed by atoms with Crippen molar-refractivity contribution in [3.8, 4) is 0 Å². The molecule has 1 rings (SSSR count). The van der Waals surface area contributed by atoms with Crippen molar-refractivity contribution in [3.63, 3.8) is 0 Å². The Hall–Kier alpha value is -0.120. The molecule has 0 unspecified atom stereocenters. The van der Waals surface area contributed by atoms with Gasteiger partial charge >= 0.3 is 0 Å². The highest BCUT2D eigenvalue weighted by Gasteiger charge is 2.35. The van der Waals surface area contributed by atoms with Crippen molar-refractivity contribution in [2.45, 2.75) is 45.6 Å². The fourth-order valence-corrected chi connectivity index (χ4v) is 2.62. The Morgan fingerprint density at radius 3 is 2.35 bits per heavy atom.